The van der Waals surface area contributed by atoms with Gasteiger partial charge in [-0.2, -0.15) is 5.10 Å². The SMILES string of the molecule is CC(C)(C)CC(=O)Nc1cncc(-c2ccc3[nH]nc(-c4cc5c(-c6ccccc6F)cccc5[nH]4)c3c2)c1. The minimum Gasteiger partial charge on any atom is -0.353 e. The fourth-order valence-corrected chi connectivity index (χ4v) is 4.95. The van der Waals surface area contributed by atoms with Crippen molar-refractivity contribution in [1.29, 1.82) is 0 Å². The number of carbonyl (C=O) groups excluding carboxylic acids is 1. The molecule has 6 rings (SSSR count). The average Bonchev–Trinajstić information content (AvgIpc) is 3.51. The van der Waals surface area contributed by atoms with Crippen LogP contribution < -0.4 is 5.32 Å². The Hall–Kier alpha value is -4.78. The third-order valence-electron chi connectivity index (χ3n) is 6.69. The van der Waals surface area contributed by atoms with E-state index in [4.69, 9.17) is 0 Å². The molecule has 6 aromatic rings. The third kappa shape index (κ3) is 4.91. The second-order valence-corrected chi connectivity index (χ2v) is 11.0. The second-order valence-electron chi connectivity index (χ2n) is 11.0. The van der Waals surface area contributed by atoms with Crippen molar-refractivity contribution in [2.45, 2.75) is 27.2 Å². The molecule has 1 amide bonds. The van der Waals surface area contributed by atoms with Crippen molar-refractivity contribution in [1.82, 2.24) is 20.2 Å². The molecule has 194 valence electrons. The summed E-state index contributed by atoms with van der Waals surface area (Å²) in [5.41, 5.74) is 7.18. The van der Waals surface area contributed by atoms with Crippen LogP contribution in [0.1, 0.15) is 27.2 Å². The van der Waals surface area contributed by atoms with Crippen LogP contribution in [-0.4, -0.2) is 26.1 Å². The molecule has 7 heteroatoms. The minimum absolute atomic E-state index is 0.0393. The number of hydrogen-bond acceptors (Lipinski definition) is 3. The van der Waals surface area contributed by atoms with Crippen LogP contribution >= 0.6 is 0 Å². The van der Waals surface area contributed by atoms with E-state index in [2.05, 4.69) is 31.5 Å². The van der Waals surface area contributed by atoms with E-state index in [0.717, 1.165) is 49.9 Å². The van der Waals surface area contributed by atoms with E-state index in [9.17, 15) is 9.18 Å². The molecule has 0 atom stereocenters. The van der Waals surface area contributed by atoms with Crippen molar-refractivity contribution in [2.75, 3.05) is 5.32 Å². The van der Waals surface area contributed by atoms with E-state index in [1.807, 2.05) is 69.3 Å². The molecule has 0 fully saturated rings. The summed E-state index contributed by atoms with van der Waals surface area (Å²) in [6.07, 6.45) is 3.86. The molecule has 0 aliphatic rings. The molecule has 39 heavy (non-hydrogen) atoms. The average molecular weight is 518 g/mol. The number of amides is 1. The highest BCUT2D eigenvalue weighted by Crippen LogP contribution is 2.36. The predicted octanol–water partition coefficient (Wildman–Crippen LogP) is 7.95. The summed E-state index contributed by atoms with van der Waals surface area (Å²) in [5.74, 6) is -0.296. The van der Waals surface area contributed by atoms with Gasteiger partial charge in [0.25, 0.3) is 0 Å². The first-order valence-corrected chi connectivity index (χ1v) is 12.9. The van der Waals surface area contributed by atoms with Crippen molar-refractivity contribution >= 4 is 33.4 Å². The number of aromatic amines is 2. The van der Waals surface area contributed by atoms with Gasteiger partial charge >= 0.3 is 0 Å². The highest BCUT2D eigenvalue weighted by atomic mass is 19.1. The maximum absolute atomic E-state index is 14.6. The molecule has 0 bridgehead atoms. The molecule has 0 radical (unpaired) electrons. The van der Waals surface area contributed by atoms with Crippen molar-refractivity contribution in [2.24, 2.45) is 5.41 Å². The molecule has 0 unspecified atom stereocenters. The third-order valence-corrected chi connectivity index (χ3v) is 6.69. The van der Waals surface area contributed by atoms with Gasteiger partial charge in [-0.3, -0.25) is 14.9 Å². The summed E-state index contributed by atoms with van der Waals surface area (Å²) in [5, 5.41) is 12.6. The van der Waals surface area contributed by atoms with Gasteiger partial charge in [-0.05, 0) is 52.9 Å². The van der Waals surface area contributed by atoms with Crippen molar-refractivity contribution < 1.29 is 9.18 Å². The highest BCUT2D eigenvalue weighted by molar-refractivity contribution is 6.02. The number of hydrogen-bond donors (Lipinski definition) is 3. The Morgan fingerprint density at radius 1 is 0.872 bits per heavy atom. The summed E-state index contributed by atoms with van der Waals surface area (Å²) < 4.78 is 14.6. The number of anilines is 1. The lowest BCUT2D eigenvalue weighted by atomic mass is 9.92. The number of halogens is 1. The number of fused-ring (bicyclic) bond motifs is 2. The fraction of sp³-hybridized carbons (Fsp3) is 0.156. The van der Waals surface area contributed by atoms with Gasteiger partial charge in [0, 0.05) is 40.0 Å². The molecule has 0 aliphatic carbocycles. The normalized spacial score (nSPS) is 11.8. The number of rotatable bonds is 5. The largest absolute Gasteiger partial charge is 0.353 e. The van der Waals surface area contributed by atoms with Crippen LogP contribution in [0.5, 0.6) is 0 Å². The van der Waals surface area contributed by atoms with E-state index in [0.29, 0.717) is 17.7 Å². The van der Waals surface area contributed by atoms with E-state index >= 15 is 0 Å². The summed E-state index contributed by atoms with van der Waals surface area (Å²) in [6.45, 7) is 6.10. The Bertz CT molecular complexity index is 1840. The number of benzene rings is 3. The quantitative estimate of drug-likeness (QED) is 0.217. The highest BCUT2D eigenvalue weighted by Gasteiger charge is 2.17. The van der Waals surface area contributed by atoms with Crippen LogP contribution in [0.4, 0.5) is 10.1 Å². The number of pyridine rings is 1. The van der Waals surface area contributed by atoms with Gasteiger partial charge in [-0.15, -0.1) is 0 Å². The number of aromatic nitrogens is 4. The molecule has 0 saturated carbocycles. The zero-order chi connectivity index (χ0) is 27.1. The molecule has 6 nitrogen and oxygen atoms in total. The number of nitrogens with zero attached hydrogens (tertiary/aromatic N) is 2. The van der Waals surface area contributed by atoms with Gasteiger partial charge < -0.3 is 10.3 Å². The molecule has 3 N–H and O–H groups in total. The lowest BCUT2D eigenvalue weighted by molar-refractivity contribution is -0.117. The molecule has 3 aromatic heterocycles. The van der Waals surface area contributed by atoms with Gasteiger partial charge in [-0.25, -0.2) is 4.39 Å². The first-order valence-electron chi connectivity index (χ1n) is 12.9. The van der Waals surface area contributed by atoms with Crippen LogP contribution in [-0.2, 0) is 4.79 Å². The maximum atomic E-state index is 14.6. The van der Waals surface area contributed by atoms with Crippen molar-refractivity contribution in [3.8, 4) is 33.6 Å². The smallest absolute Gasteiger partial charge is 0.224 e. The summed E-state index contributed by atoms with van der Waals surface area (Å²) in [7, 11) is 0. The van der Waals surface area contributed by atoms with E-state index in [1.165, 1.54) is 6.07 Å². The molecule has 0 aliphatic heterocycles. The van der Waals surface area contributed by atoms with E-state index in [1.54, 1.807) is 24.5 Å². The predicted molar refractivity (Wildman–Crippen MR) is 155 cm³/mol. The van der Waals surface area contributed by atoms with Gasteiger partial charge in [-0.1, -0.05) is 57.2 Å². The first-order chi connectivity index (χ1) is 18.7. The van der Waals surface area contributed by atoms with Crippen LogP contribution in [0.2, 0.25) is 0 Å². The molecule has 0 saturated heterocycles. The Kier molecular flexibility index (Phi) is 5.99. The Labute approximate surface area is 225 Å². The Morgan fingerprint density at radius 2 is 1.69 bits per heavy atom. The molecule has 3 aromatic carbocycles. The zero-order valence-corrected chi connectivity index (χ0v) is 22.0. The first kappa shape index (κ1) is 24.6. The van der Waals surface area contributed by atoms with Gasteiger partial charge in [0.15, 0.2) is 0 Å². The Morgan fingerprint density at radius 3 is 2.51 bits per heavy atom. The topological polar surface area (TPSA) is 86.5 Å². The minimum atomic E-state index is -0.256. The van der Waals surface area contributed by atoms with Crippen LogP contribution in [0.15, 0.2) is 85.2 Å². The lowest BCUT2D eigenvalue weighted by Gasteiger charge is -2.17. The second kappa shape index (κ2) is 9.51. The van der Waals surface area contributed by atoms with E-state index in [-0.39, 0.29) is 17.1 Å². The maximum Gasteiger partial charge on any atom is 0.224 e. The number of H-pyrrole nitrogens is 2. The molecular weight excluding hydrogens is 489 g/mol. The van der Waals surface area contributed by atoms with Crippen molar-refractivity contribution in [3.63, 3.8) is 0 Å². The standard InChI is InChI=1S/C32H28FN5O/c1-32(2,3)16-30(39)35-21-13-20(17-34-18-21)19-11-12-28-25(14-19)31(38-37-28)29-15-24-22(8-6-10-27(24)36-29)23-7-4-5-9-26(23)33/h4-15,17-18,36H,16H2,1-3H3,(H,35,39)(H,37,38). The molecular formula is C32H28FN5O. The number of carbonyl (C=O) groups is 1. The van der Waals surface area contributed by atoms with Crippen LogP contribution in [0.25, 0.3) is 55.4 Å². The van der Waals surface area contributed by atoms with Crippen molar-refractivity contribution in [3.05, 3.63) is 91.0 Å². The molecule has 3 heterocycles. The van der Waals surface area contributed by atoms with Gasteiger partial charge in [0.2, 0.25) is 5.91 Å². The van der Waals surface area contributed by atoms with Crippen LogP contribution in [0, 0.1) is 11.2 Å². The summed E-state index contributed by atoms with van der Waals surface area (Å²) in [4.78, 5) is 20.3. The Balaban J connectivity index is 1.37. The van der Waals surface area contributed by atoms with Gasteiger partial charge in [0.05, 0.1) is 23.1 Å². The summed E-state index contributed by atoms with van der Waals surface area (Å²) in [6, 6.07) is 22.6. The number of nitrogens with one attached hydrogen (secondary N) is 3. The van der Waals surface area contributed by atoms with Gasteiger partial charge in [0.1, 0.15) is 11.5 Å². The van der Waals surface area contributed by atoms with Crippen LogP contribution in [0.3, 0.4) is 0 Å². The zero-order valence-electron chi connectivity index (χ0n) is 22.0. The fourth-order valence-electron chi connectivity index (χ4n) is 4.95. The lowest BCUT2D eigenvalue weighted by Crippen LogP contribution is -2.19. The van der Waals surface area contributed by atoms with E-state index < -0.39 is 0 Å². The summed E-state index contributed by atoms with van der Waals surface area (Å²) >= 11 is 0. The molecule has 0 spiro atoms. The monoisotopic (exact) mass is 517 g/mol.